The van der Waals surface area contributed by atoms with Gasteiger partial charge in [0, 0.05) is 83.6 Å². The predicted molar refractivity (Wildman–Crippen MR) is 112 cm³/mol. The third-order valence-electron chi connectivity index (χ3n) is 5.67. The number of anilines is 2. The van der Waals surface area contributed by atoms with Gasteiger partial charge >= 0.3 is 0 Å². The molecule has 0 amide bonds. The number of hydrogen-bond donors (Lipinski definition) is 1. The summed E-state index contributed by atoms with van der Waals surface area (Å²) in [5, 5.41) is 13.6. The average molecular weight is 408 g/mol. The molecule has 0 unspecified atom stereocenters. The van der Waals surface area contributed by atoms with E-state index in [0.29, 0.717) is 12.5 Å². The molecule has 28 heavy (non-hydrogen) atoms. The quantitative estimate of drug-likeness (QED) is 0.797. The van der Waals surface area contributed by atoms with Crippen LogP contribution in [0.25, 0.3) is 0 Å². The molecule has 0 aromatic carbocycles. The van der Waals surface area contributed by atoms with Crippen LogP contribution in [0.15, 0.2) is 24.8 Å². The number of rotatable bonds is 5. The first kappa shape index (κ1) is 20.8. The van der Waals surface area contributed by atoms with Crippen molar-refractivity contribution < 1.29 is 5.11 Å². The van der Waals surface area contributed by atoms with Crippen molar-refractivity contribution >= 4 is 24.0 Å². The summed E-state index contributed by atoms with van der Waals surface area (Å²) in [5.41, 5.74) is 1.26. The Morgan fingerprint density at radius 1 is 0.964 bits per heavy atom. The van der Waals surface area contributed by atoms with Crippen molar-refractivity contribution in [2.75, 3.05) is 55.7 Å². The maximum absolute atomic E-state index is 9.37. The lowest BCUT2D eigenvalue weighted by Gasteiger charge is -2.38. The number of hydrogen-bond acceptors (Lipinski definition) is 7. The number of piperidine rings is 1. The van der Waals surface area contributed by atoms with Crippen molar-refractivity contribution in [3.63, 3.8) is 0 Å². The fourth-order valence-electron chi connectivity index (χ4n) is 4.03. The number of aryl methyl sites for hydroxylation is 1. The molecule has 2 aliphatic rings. The Kier molecular flexibility index (Phi) is 7.09. The highest BCUT2D eigenvalue weighted by molar-refractivity contribution is 5.85. The van der Waals surface area contributed by atoms with Crippen molar-refractivity contribution in [3.8, 4) is 0 Å². The third kappa shape index (κ3) is 4.74. The van der Waals surface area contributed by atoms with Crippen molar-refractivity contribution in [1.82, 2.24) is 24.6 Å². The zero-order chi connectivity index (χ0) is 18.6. The summed E-state index contributed by atoms with van der Waals surface area (Å²) in [4.78, 5) is 16.5. The molecule has 154 valence electrons. The lowest BCUT2D eigenvalue weighted by molar-refractivity contribution is 0.202. The van der Waals surface area contributed by atoms with Gasteiger partial charge in [-0.15, -0.1) is 12.4 Å². The maximum Gasteiger partial charge on any atom is 0.172 e. The molecule has 0 saturated carbocycles. The number of nitrogens with zero attached hydrogens (tertiary/aromatic N) is 7. The highest BCUT2D eigenvalue weighted by atomic mass is 35.5. The molecule has 0 radical (unpaired) electrons. The van der Waals surface area contributed by atoms with Crippen LogP contribution in [0.4, 0.5) is 11.6 Å². The third-order valence-corrected chi connectivity index (χ3v) is 5.67. The Morgan fingerprint density at radius 2 is 1.57 bits per heavy atom. The Morgan fingerprint density at radius 3 is 2.11 bits per heavy atom. The summed E-state index contributed by atoms with van der Waals surface area (Å²) in [5.74, 6) is 2.42. The van der Waals surface area contributed by atoms with Crippen LogP contribution in [0.5, 0.6) is 0 Å². The summed E-state index contributed by atoms with van der Waals surface area (Å²) in [6.07, 6.45) is 9.65. The van der Waals surface area contributed by atoms with E-state index in [1.807, 2.05) is 17.9 Å². The van der Waals surface area contributed by atoms with E-state index in [2.05, 4.69) is 36.0 Å². The molecule has 0 bridgehead atoms. The molecule has 2 aromatic rings. The number of aromatic nitrogens is 4. The fraction of sp³-hybridized carbons (Fsp3) is 0.632. The smallest absolute Gasteiger partial charge is 0.172 e. The van der Waals surface area contributed by atoms with E-state index < -0.39 is 0 Å². The highest BCUT2D eigenvalue weighted by Gasteiger charge is 2.26. The molecule has 0 atom stereocenters. The van der Waals surface area contributed by atoms with Crippen LogP contribution in [0.1, 0.15) is 18.4 Å². The molecule has 2 fully saturated rings. The van der Waals surface area contributed by atoms with Crippen molar-refractivity contribution in [2.24, 2.45) is 13.0 Å². The average Bonchev–Trinajstić information content (AvgIpc) is 3.13. The first-order valence-electron chi connectivity index (χ1n) is 9.84. The molecule has 4 heterocycles. The van der Waals surface area contributed by atoms with Crippen LogP contribution in [-0.4, -0.2) is 75.6 Å². The van der Waals surface area contributed by atoms with Gasteiger partial charge in [0.1, 0.15) is 0 Å². The molecule has 2 aromatic heterocycles. The summed E-state index contributed by atoms with van der Waals surface area (Å²) < 4.78 is 1.86. The van der Waals surface area contributed by atoms with E-state index in [4.69, 9.17) is 0 Å². The van der Waals surface area contributed by atoms with E-state index in [-0.39, 0.29) is 12.4 Å². The van der Waals surface area contributed by atoms with E-state index in [9.17, 15) is 5.11 Å². The van der Waals surface area contributed by atoms with Gasteiger partial charge in [-0.2, -0.15) is 5.10 Å². The second-order valence-electron chi connectivity index (χ2n) is 7.60. The van der Waals surface area contributed by atoms with Crippen LogP contribution in [0.3, 0.4) is 0 Å². The Bertz CT molecular complexity index is 739. The normalized spacial score (nSPS) is 18.9. The van der Waals surface area contributed by atoms with Gasteiger partial charge in [-0.25, -0.2) is 9.97 Å². The second kappa shape index (κ2) is 9.54. The first-order valence-corrected chi connectivity index (χ1v) is 9.84. The summed E-state index contributed by atoms with van der Waals surface area (Å²) in [7, 11) is 1.96. The molecule has 0 aliphatic carbocycles. The van der Waals surface area contributed by atoms with E-state index >= 15 is 0 Å². The minimum atomic E-state index is 0. The number of halogens is 1. The van der Waals surface area contributed by atoms with Gasteiger partial charge in [-0.1, -0.05) is 0 Å². The number of aliphatic hydroxyl groups excluding tert-OH is 1. The molecular weight excluding hydrogens is 378 g/mol. The first-order chi connectivity index (χ1) is 13.2. The monoisotopic (exact) mass is 407 g/mol. The molecule has 2 aliphatic heterocycles. The molecule has 1 N–H and O–H groups in total. The zero-order valence-corrected chi connectivity index (χ0v) is 17.3. The molecular formula is C19H30ClN7O. The van der Waals surface area contributed by atoms with Gasteiger partial charge in [0.15, 0.2) is 11.6 Å². The summed E-state index contributed by atoms with van der Waals surface area (Å²) >= 11 is 0. The Labute approximate surface area is 172 Å². The largest absolute Gasteiger partial charge is 0.396 e. The van der Waals surface area contributed by atoms with Crippen LogP contribution in [0, 0.1) is 5.92 Å². The Balaban J connectivity index is 0.00000225. The maximum atomic E-state index is 9.37. The topological polar surface area (TPSA) is 73.5 Å². The van der Waals surface area contributed by atoms with E-state index in [1.165, 1.54) is 5.56 Å². The molecule has 9 heteroatoms. The number of piperazine rings is 1. The summed E-state index contributed by atoms with van der Waals surface area (Å²) in [6, 6.07) is 0. The van der Waals surface area contributed by atoms with Crippen LogP contribution in [-0.2, 0) is 13.6 Å². The minimum Gasteiger partial charge on any atom is -0.396 e. The van der Waals surface area contributed by atoms with Gasteiger partial charge in [0.25, 0.3) is 0 Å². The van der Waals surface area contributed by atoms with Gasteiger partial charge in [-0.3, -0.25) is 9.58 Å². The molecule has 8 nitrogen and oxygen atoms in total. The molecule has 4 rings (SSSR count). The van der Waals surface area contributed by atoms with E-state index in [0.717, 1.165) is 70.3 Å². The minimum absolute atomic E-state index is 0. The lowest BCUT2D eigenvalue weighted by Crippen LogP contribution is -2.47. The standard InChI is InChI=1S/C19H29N7O.ClH/c1-23-13-17(12-22-23)14-24-8-10-26(11-9-24)19-18(20-4-5-21-19)25-6-2-16(15-27)3-7-25;/h4-5,12-13,16,27H,2-3,6-11,14-15H2,1H3;1H. The van der Waals surface area contributed by atoms with Crippen molar-refractivity contribution in [1.29, 1.82) is 0 Å². The molecule has 2 saturated heterocycles. The number of aliphatic hydroxyl groups is 1. The second-order valence-corrected chi connectivity index (χ2v) is 7.60. The van der Waals surface area contributed by atoms with Crippen LogP contribution < -0.4 is 9.80 Å². The van der Waals surface area contributed by atoms with Gasteiger partial charge < -0.3 is 14.9 Å². The Hall–Kier alpha value is -1.90. The summed E-state index contributed by atoms with van der Waals surface area (Å²) in [6.45, 7) is 7.06. The van der Waals surface area contributed by atoms with E-state index in [1.54, 1.807) is 12.4 Å². The van der Waals surface area contributed by atoms with Crippen molar-refractivity contribution in [3.05, 3.63) is 30.4 Å². The van der Waals surface area contributed by atoms with Gasteiger partial charge in [0.05, 0.1) is 6.20 Å². The lowest BCUT2D eigenvalue weighted by atomic mass is 9.98. The van der Waals surface area contributed by atoms with Gasteiger partial charge in [-0.05, 0) is 18.8 Å². The predicted octanol–water partition coefficient (Wildman–Crippen LogP) is 1.16. The fourth-order valence-corrected chi connectivity index (χ4v) is 4.03. The van der Waals surface area contributed by atoms with Crippen molar-refractivity contribution in [2.45, 2.75) is 19.4 Å². The highest BCUT2D eigenvalue weighted by Crippen LogP contribution is 2.29. The zero-order valence-electron chi connectivity index (χ0n) is 16.4. The van der Waals surface area contributed by atoms with Gasteiger partial charge in [0.2, 0.25) is 0 Å². The molecule has 0 spiro atoms. The SMILES string of the molecule is Cl.Cn1cc(CN2CCN(c3nccnc3N3CCC(CO)CC3)CC2)cn1. The van der Waals surface area contributed by atoms with Crippen LogP contribution >= 0.6 is 12.4 Å². The van der Waals surface area contributed by atoms with Crippen LogP contribution in [0.2, 0.25) is 0 Å².